The molecule has 1 atom stereocenters. The summed E-state index contributed by atoms with van der Waals surface area (Å²) >= 11 is 0. The zero-order valence-electron chi connectivity index (χ0n) is 9.88. The van der Waals surface area contributed by atoms with Crippen LogP contribution in [0.1, 0.15) is 24.0 Å². The summed E-state index contributed by atoms with van der Waals surface area (Å²) in [4.78, 5) is 11.6. The van der Waals surface area contributed by atoms with E-state index in [2.05, 4.69) is 23.6 Å². The van der Waals surface area contributed by atoms with E-state index in [1.54, 1.807) is 0 Å². The number of amides is 1. The van der Waals surface area contributed by atoms with E-state index >= 15 is 0 Å². The molecule has 0 radical (unpaired) electrons. The number of hydrogen-bond donors (Lipinski definition) is 2. The van der Waals surface area contributed by atoms with Gasteiger partial charge in [0.15, 0.2) is 5.60 Å². The topological polar surface area (TPSA) is 50.4 Å². The molecule has 17 heavy (non-hydrogen) atoms. The number of nitrogens with one attached hydrogen (secondary N) is 2. The Kier molecular flexibility index (Phi) is 2.33. The van der Waals surface area contributed by atoms with Crippen molar-refractivity contribution in [3.8, 4) is 0 Å². The van der Waals surface area contributed by atoms with Crippen LogP contribution >= 0.6 is 0 Å². The molecule has 2 heterocycles. The fourth-order valence-corrected chi connectivity index (χ4v) is 2.92. The average Bonchev–Trinajstić information content (AvgIpc) is 2.29. The smallest absolute Gasteiger partial charge is 0.412 e. The summed E-state index contributed by atoms with van der Waals surface area (Å²) in [7, 11) is 0. The van der Waals surface area contributed by atoms with Gasteiger partial charge in [0.25, 0.3) is 0 Å². The van der Waals surface area contributed by atoms with E-state index in [1.165, 1.54) is 5.56 Å². The van der Waals surface area contributed by atoms with E-state index in [0.717, 1.165) is 30.6 Å². The van der Waals surface area contributed by atoms with Gasteiger partial charge in [-0.3, -0.25) is 5.32 Å². The summed E-state index contributed by atoms with van der Waals surface area (Å²) in [6, 6.07) is 5.97. The van der Waals surface area contributed by atoms with Crippen LogP contribution in [0.3, 0.4) is 0 Å². The molecule has 4 nitrogen and oxygen atoms in total. The number of piperidine rings is 1. The second kappa shape index (κ2) is 3.74. The molecule has 1 fully saturated rings. The molecular formula is C13H16N2O2. The van der Waals surface area contributed by atoms with Crippen LogP contribution in [0.2, 0.25) is 0 Å². The van der Waals surface area contributed by atoms with Crippen LogP contribution in [0.4, 0.5) is 10.5 Å². The Morgan fingerprint density at radius 3 is 3.06 bits per heavy atom. The van der Waals surface area contributed by atoms with Gasteiger partial charge >= 0.3 is 6.09 Å². The van der Waals surface area contributed by atoms with E-state index in [9.17, 15) is 4.79 Å². The molecule has 4 heteroatoms. The van der Waals surface area contributed by atoms with Crippen LogP contribution in [-0.2, 0) is 10.3 Å². The van der Waals surface area contributed by atoms with Gasteiger partial charge in [-0.2, -0.15) is 0 Å². The fraction of sp³-hybridized carbons (Fsp3) is 0.462. The van der Waals surface area contributed by atoms with Crippen molar-refractivity contribution in [3.05, 3.63) is 29.3 Å². The molecule has 2 aliphatic rings. The number of rotatable bonds is 0. The second-order valence-electron chi connectivity index (χ2n) is 4.79. The Hall–Kier alpha value is -1.55. The second-order valence-corrected chi connectivity index (χ2v) is 4.79. The van der Waals surface area contributed by atoms with Gasteiger partial charge in [-0.1, -0.05) is 12.1 Å². The number of hydrogen-bond acceptors (Lipinski definition) is 3. The van der Waals surface area contributed by atoms with Crippen LogP contribution in [0, 0.1) is 6.92 Å². The van der Waals surface area contributed by atoms with E-state index in [-0.39, 0.29) is 6.09 Å². The standard InChI is InChI=1S/C13H16N2O2/c1-9-4-2-5-10-11(9)13(17-12(16)15-10)6-3-7-14-8-13/h2,4-5,14H,3,6-8H2,1H3,(H,15,16). The highest BCUT2D eigenvalue weighted by atomic mass is 16.6. The monoisotopic (exact) mass is 232 g/mol. The molecule has 3 rings (SSSR count). The van der Waals surface area contributed by atoms with Gasteiger partial charge in [0.1, 0.15) is 0 Å². The van der Waals surface area contributed by atoms with Gasteiger partial charge in [-0.25, -0.2) is 4.79 Å². The minimum absolute atomic E-state index is 0.341. The summed E-state index contributed by atoms with van der Waals surface area (Å²) in [6.45, 7) is 3.77. The predicted molar refractivity (Wildman–Crippen MR) is 65.1 cm³/mol. The van der Waals surface area contributed by atoms with Crippen LogP contribution in [-0.4, -0.2) is 19.2 Å². The van der Waals surface area contributed by atoms with Crippen molar-refractivity contribution in [2.24, 2.45) is 0 Å². The summed E-state index contributed by atoms with van der Waals surface area (Å²) in [6.07, 6.45) is 1.58. The Morgan fingerprint density at radius 1 is 1.41 bits per heavy atom. The number of ether oxygens (including phenoxy) is 1. The van der Waals surface area contributed by atoms with Gasteiger partial charge < -0.3 is 10.1 Å². The molecule has 0 bridgehead atoms. The van der Waals surface area contributed by atoms with Crippen LogP contribution in [0.25, 0.3) is 0 Å². The first kappa shape index (κ1) is 10.6. The summed E-state index contributed by atoms with van der Waals surface area (Å²) in [5, 5.41) is 6.11. The zero-order valence-corrected chi connectivity index (χ0v) is 9.88. The summed E-state index contributed by atoms with van der Waals surface area (Å²) in [5.74, 6) is 0. The van der Waals surface area contributed by atoms with Crippen LogP contribution < -0.4 is 10.6 Å². The molecule has 1 aromatic rings. The molecule has 0 aliphatic carbocycles. The molecule has 0 aromatic heterocycles. The number of fused-ring (bicyclic) bond motifs is 2. The predicted octanol–water partition coefficient (Wildman–Crippen LogP) is 2.14. The maximum Gasteiger partial charge on any atom is 0.412 e. The van der Waals surface area contributed by atoms with Crippen molar-refractivity contribution in [1.82, 2.24) is 5.32 Å². The van der Waals surface area contributed by atoms with Crippen LogP contribution in [0.5, 0.6) is 0 Å². The Balaban J connectivity index is 2.15. The fourth-order valence-electron chi connectivity index (χ4n) is 2.92. The third-order valence-electron chi connectivity index (χ3n) is 3.60. The number of carbonyl (C=O) groups excluding carboxylic acids is 1. The summed E-state index contributed by atoms with van der Waals surface area (Å²) in [5.41, 5.74) is 2.73. The largest absolute Gasteiger partial charge is 0.436 e. The number of benzene rings is 1. The summed E-state index contributed by atoms with van der Waals surface area (Å²) < 4.78 is 5.61. The van der Waals surface area contributed by atoms with Crippen molar-refractivity contribution < 1.29 is 9.53 Å². The Morgan fingerprint density at radius 2 is 2.29 bits per heavy atom. The first-order chi connectivity index (χ1) is 8.21. The van der Waals surface area contributed by atoms with Crippen LogP contribution in [0.15, 0.2) is 18.2 Å². The molecular weight excluding hydrogens is 216 g/mol. The molecule has 1 amide bonds. The number of anilines is 1. The van der Waals surface area contributed by atoms with E-state index in [1.807, 2.05) is 12.1 Å². The van der Waals surface area contributed by atoms with Gasteiger partial charge in [-0.05, 0) is 37.9 Å². The van der Waals surface area contributed by atoms with E-state index in [4.69, 9.17) is 4.74 Å². The van der Waals surface area contributed by atoms with Crippen molar-refractivity contribution in [1.29, 1.82) is 0 Å². The normalized spacial score (nSPS) is 27.2. The molecule has 0 saturated carbocycles. The highest BCUT2D eigenvalue weighted by molar-refractivity contribution is 5.89. The Labute approximate surface area is 100 Å². The van der Waals surface area contributed by atoms with Gasteiger partial charge in [0.2, 0.25) is 0 Å². The Bertz CT molecular complexity index is 464. The molecule has 90 valence electrons. The quantitative estimate of drug-likeness (QED) is 0.720. The lowest BCUT2D eigenvalue weighted by atomic mass is 9.82. The third kappa shape index (κ3) is 1.60. The van der Waals surface area contributed by atoms with Gasteiger partial charge in [0, 0.05) is 12.1 Å². The lowest BCUT2D eigenvalue weighted by Crippen LogP contribution is -2.50. The first-order valence-corrected chi connectivity index (χ1v) is 6.02. The molecule has 2 N–H and O–H groups in total. The molecule has 1 unspecified atom stereocenters. The number of aryl methyl sites for hydroxylation is 1. The number of carbonyl (C=O) groups is 1. The SMILES string of the molecule is Cc1cccc2c1C1(CCCNC1)OC(=O)N2. The minimum Gasteiger partial charge on any atom is -0.436 e. The van der Waals surface area contributed by atoms with E-state index < -0.39 is 5.60 Å². The highest BCUT2D eigenvalue weighted by Crippen LogP contribution is 2.42. The highest BCUT2D eigenvalue weighted by Gasteiger charge is 2.43. The maximum atomic E-state index is 11.6. The average molecular weight is 232 g/mol. The van der Waals surface area contributed by atoms with Gasteiger partial charge in [0.05, 0.1) is 5.69 Å². The third-order valence-corrected chi connectivity index (χ3v) is 3.60. The van der Waals surface area contributed by atoms with Crippen molar-refractivity contribution in [2.75, 3.05) is 18.4 Å². The molecule has 2 aliphatic heterocycles. The zero-order chi connectivity index (χ0) is 11.9. The lowest BCUT2D eigenvalue weighted by Gasteiger charge is -2.42. The van der Waals surface area contributed by atoms with Crippen molar-refractivity contribution in [2.45, 2.75) is 25.4 Å². The van der Waals surface area contributed by atoms with Crippen molar-refractivity contribution >= 4 is 11.8 Å². The lowest BCUT2D eigenvalue weighted by molar-refractivity contribution is -0.00770. The molecule has 1 aromatic carbocycles. The molecule has 1 spiro atoms. The van der Waals surface area contributed by atoms with Gasteiger partial charge in [-0.15, -0.1) is 0 Å². The first-order valence-electron chi connectivity index (χ1n) is 6.02. The maximum absolute atomic E-state index is 11.6. The van der Waals surface area contributed by atoms with E-state index in [0.29, 0.717) is 6.54 Å². The van der Waals surface area contributed by atoms with Crippen molar-refractivity contribution in [3.63, 3.8) is 0 Å². The molecule has 1 saturated heterocycles. The minimum atomic E-state index is -0.471.